The number of aromatic nitrogens is 3. The number of ether oxygens (including phenoxy) is 1. The fourth-order valence-electron chi connectivity index (χ4n) is 3.87. The molecule has 2 aromatic heterocycles. The Bertz CT molecular complexity index is 1070. The van der Waals surface area contributed by atoms with Crippen LogP contribution in [0.2, 0.25) is 0 Å². The molecule has 3 heterocycles. The molecule has 3 aromatic rings. The minimum Gasteiger partial charge on any atom is -0.495 e. The number of benzene rings is 1. The Morgan fingerprint density at radius 2 is 2.10 bits per heavy atom. The molecule has 1 amide bonds. The minimum atomic E-state index is -0.304. The van der Waals surface area contributed by atoms with Gasteiger partial charge in [0.05, 0.1) is 12.8 Å². The van der Waals surface area contributed by atoms with Gasteiger partial charge in [-0.1, -0.05) is 19.1 Å². The van der Waals surface area contributed by atoms with E-state index in [9.17, 15) is 4.79 Å². The van der Waals surface area contributed by atoms with Crippen molar-refractivity contribution >= 4 is 17.4 Å². The van der Waals surface area contributed by atoms with Crippen molar-refractivity contribution in [3.63, 3.8) is 0 Å². The molecule has 0 spiro atoms. The van der Waals surface area contributed by atoms with E-state index in [0.29, 0.717) is 17.3 Å². The molecule has 7 nitrogen and oxygen atoms in total. The molecule has 7 heteroatoms. The summed E-state index contributed by atoms with van der Waals surface area (Å²) in [7, 11) is 1.61. The summed E-state index contributed by atoms with van der Waals surface area (Å²) < 4.78 is 5.41. The molecule has 1 N–H and O–H groups in total. The first-order valence-electron chi connectivity index (χ1n) is 10.6. The maximum Gasteiger partial charge on any atom is 0.247 e. The number of carbonyl (C=O) groups excluding carboxylic acids is 1. The zero-order valence-corrected chi connectivity index (χ0v) is 18.1. The number of rotatable bonds is 6. The lowest BCUT2D eigenvalue weighted by molar-refractivity contribution is -0.117. The molecule has 0 radical (unpaired) electrons. The van der Waals surface area contributed by atoms with Gasteiger partial charge < -0.3 is 15.0 Å². The quantitative estimate of drug-likeness (QED) is 0.652. The third-order valence-electron chi connectivity index (χ3n) is 5.48. The fraction of sp³-hybridized carbons (Fsp3) is 0.333. The Morgan fingerprint density at radius 1 is 1.23 bits per heavy atom. The van der Waals surface area contributed by atoms with Crippen LogP contribution in [0.25, 0.3) is 11.5 Å². The summed E-state index contributed by atoms with van der Waals surface area (Å²) in [4.78, 5) is 29.1. The van der Waals surface area contributed by atoms with Gasteiger partial charge in [0.25, 0.3) is 0 Å². The molecule has 1 saturated heterocycles. The van der Waals surface area contributed by atoms with Crippen molar-refractivity contribution in [2.24, 2.45) is 0 Å². The van der Waals surface area contributed by atoms with Gasteiger partial charge in [-0.05, 0) is 56.0 Å². The summed E-state index contributed by atoms with van der Waals surface area (Å²) in [6.07, 6.45) is 4.20. The van der Waals surface area contributed by atoms with Crippen LogP contribution in [0.1, 0.15) is 31.0 Å². The molecule has 1 aliphatic rings. The van der Waals surface area contributed by atoms with Gasteiger partial charge in [-0.3, -0.25) is 9.78 Å². The first-order valence-corrected chi connectivity index (χ1v) is 10.6. The lowest BCUT2D eigenvalue weighted by Gasteiger charge is -2.26. The number of nitrogens with zero attached hydrogens (tertiary/aromatic N) is 4. The standard InChI is InChI=1S/C24H27N5O2/c1-4-17-15-22(28-23(26-17)18-8-5-6-12-25-18)29-13-7-9-20(29)24(30)27-19-14-16(2)10-11-21(19)31-3/h5-6,8,10-12,14-15,20H,4,7,9,13H2,1-3H3,(H,27,30). The van der Waals surface area contributed by atoms with Gasteiger partial charge in [0.15, 0.2) is 5.82 Å². The Hall–Kier alpha value is -3.48. The van der Waals surface area contributed by atoms with E-state index in [1.54, 1.807) is 13.3 Å². The highest BCUT2D eigenvalue weighted by molar-refractivity contribution is 5.98. The summed E-state index contributed by atoms with van der Waals surface area (Å²) >= 11 is 0. The van der Waals surface area contributed by atoms with Crippen LogP contribution in [0.5, 0.6) is 5.75 Å². The van der Waals surface area contributed by atoms with Gasteiger partial charge in [0, 0.05) is 24.5 Å². The number of methoxy groups -OCH3 is 1. The molecule has 0 aliphatic carbocycles. The SMILES string of the molecule is CCc1cc(N2CCCC2C(=O)Nc2cc(C)ccc2OC)nc(-c2ccccn2)n1. The molecule has 1 aromatic carbocycles. The highest BCUT2D eigenvalue weighted by Crippen LogP contribution is 2.30. The van der Waals surface area contributed by atoms with Gasteiger partial charge in [0.1, 0.15) is 23.3 Å². The first-order chi connectivity index (χ1) is 15.1. The van der Waals surface area contributed by atoms with Crippen molar-refractivity contribution < 1.29 is 9.53 Å². The Morgan fingerprint density at radius 3 is 2.84 bits per heavy atom. The van der Waals surface area contributed by atoms with Crippen molar-refractivity contribution in [3.8, 4) is 17.3 Å². The predicted octanol–water partition coefficient (Wildman–Crippen LogP) is 4.03. The van der Waals surface area contributed by atoms with Gasteiger partial charge in [-0.25, -0.2) is 9.97 Å². The van der Waals surface area contributed by atoms with E-state index in [2.05, 4.69) is 27.1 Å². The molecular weight excluding hydrogens is 390 g/mol. The second-order valence-corrected chi connectivity index (χ2v) is 7.65. The second-order valence-electron chi connectivity index (χ2n) is 7.65. The normalized spacial score (nSPS) is 15.7. The predicted molar refractivity (Wildman–Crippen MR) is 121 cm³/mol. The van der Waals surface area contributed by atoms with Crippen molar-refractivity contribution in [3.05, 3.63) is 59.9 Å². The summed E-state index contributed by atoms with van der Waals surface area (Å²) in [5.74, 6) is 1.94. The average Bonchev–Trinajstić information content (AvgIpc) is 3.30. The second kappa shape index (κ2) is 9.12. The van der Waals surface area contributed by atoms with E-state index in [0.717, 1.165) is 48.6 Å². The van der Waals surface area contributed by atoms with Crippen LogP contribution in [0.4, 0.5) is 11.5 Å². The topological polar surface area (TPSA) is 80.2 Å². The lowest BCUT2D eigenvalue weighted by atomic mass is 10.1. The van der Waals surface area contributed by atoms with E-state index in [4.69, 9.17) is 9.72 Å². The smallest absolute Gasteiger partial charge is 0.247 e. The fourth-order valence-corrected chi connectivity index (χ4v) is 3.87. The maximum absolute atomic E-state index is 13.2. The number of nitrogens with one attached hydrogen (secondary N) is 1. The van der Waals surface area contributed by atoms with Crippen LogP contribution in [0, 0.1) is 6.92 Å². The van der Waals surface area contributed by atoms with Crippen LogP contribution in [0.15, 0.2) is 48.7 Å². The highest BCUT2D eigenvalue weighted by atomic mass is 16.5. The van der Waals surface area contributed by atoms with Crippen molar-refractivity contribution in [1.82, 2.24) is 15.0 Å². The van der Waals surface area contributed by atoms with Crippen LogP contribution in [-0.2, 0) is 11.2 Å². The number of carbonyl (C=O) groups is 1. The summed E-state index contributed by atoms with van der Waals surface area (Å²) in [6.45, 7) is 4.82. The van der Waals surface area contributed by atoms with E-state index in [1.807, 2.05) is 49.4 Å². The number of hydrogen-bond acceptors (Lipinski definition) is 6. The molecule has 4 rings (SSSR count). The van der Waals surface area contributed by atoms with Gasteiger partial charge in [0.2, 0.25) is 5.91 Å². The van der Waals surface area contributed by atoms with E-state index in [1.165, 1.54) is 0 Å². The number of pyridine rings is 1. The summed E-state index contributed by atoms with van der Waals surface area (Å²) in [5.41, 5.74) is 3.40. The molecule has 1 atom stereocenters. The van der Waals surface area contributed by atoms with Crippen molar-refractivity contribution in [2.45, 2.75) is 39.2 Å². The molecule has 1 aliphatic heterocycles. The maximum atomic E-state index is 13.2. The summed E-state index contributed by atoms with van der Waals surface area (Å²) in [5, 5.41) is 3.06. The Kier molecular flexibility index (Phi) is 6.11. The van der Waals surface area contributed by atoms with Crippen LogP contribution >= 0.6 is 0 Å². The Labute approximate surface area is 182 Å². The van der Waals surface area contributed by atoms with Crippen LogP contribution in [0.3, 0.4) is 0 Å². The molecule has 31 heavy (non-hydrogen) atoms. The highest BCUT2D eigenvalue weighted by Gasteiger charge is 2.32. The van der Waals surface area contributed by atoms with E-state index >= 15 is 0 Å². The molecule has 1 unspecified atom stereocenters. The van der Waals surface area contributed by atoms with E-state index in [-0.39, 0.29) is 11.9 Å². The number of aryl methyl sites for hydroxylation is 2. The molecule has 0 saturated carbocycles. The minimum absolute atomic E-state index is 0.0579. The zero-order chi connectivity index (χ0) is 21.8. The molecule has 1 fully saturated rings. The van der Waals surface area contributed by atoms with Gasteiger partial charge in [-0.2, -0.15) is 0 Å². The molecular formula is C24H27N5O2. The zero-order valence-electron chi connectivity index (χ0n) is 18.1. The molecule has 160 valence electrons. The number of hydrogen-bond donors (Lipinski definition) is 1. The average molecular weight is 418 g/mol. The van der Waals surface area contributed by atoms with Crippen LogP contribution in [-0.4, -0.2) is 40.6 Å². The van der Waals surface area contributed by atoms with E-state index < -0.39 is 0 Å². The monoisotopic (exact) mass is 417 g/mol. The third kappa shape index (κ3) is 4.50. The number of amides is 1. The van der Waals surface area contributed by atoms with Crippen LogP contribution < -0.4 is 15.0 Å². The number of anilines is 2. The van der Waals surface area contributed by atoms with Gasteiger partial charge >= 0.3 is 0 Å². The van der Waals surface area contributed by atoms with Crippen molar-refractivity contribution in [1.29, 1.82) is 0 Å². The molecule has 0 bridgehead atoms. The largest absolute Gasteiger partial charge is 0.495 e. The Balaban J connectivity index is 1.63. The lowest BCUT2D eigenvalue weighted by Crippen LogP contribution is -2.40. The van der Waals surface area contributed by atoms with Crippen molar-refractivity contribution in [2.75, 3.05) is 23.9 Å². The first kappa shape index (κ1) is 20.8. The third-order valence-corrected chi connectivity index (χ3v) is 5.48. The van der Waals surface area contributed by atoms with Gasteiger partial charge in [-0.15, -0.1) is 0 Å². The summed E-state index contributed by atoms with van der Waals surface area (Å²) in [6, 6.07) is 13.1.